The third-order valence-corrected chi connectivity index (χ3v) is 11.9. The molecule has 8 aromatic carbocycles. The van der Waals surface area contributed by atoms with Crippen molar-refractivity contribution in [3.8, 4) is 61.7 Å². The fourth-order valence-corrected chi connectivity index (χ4v) is 9.17. The Morgan fingerprint density at radius 2 is 1.20 bits per heavy atom. The van der Waals surface area contributed by atoms with E-state index in [1.54, 1.807) is 0 Å². The Hall–Kier alpha value is -7.16. The van der Waals surface area contributed by atoms with Gasteiger partial charge in [-0.05, 0) is 122 Å². The average molecular weight is 716 g/mol. The highest BCUT2D eigenvalue weighted by Crippen LogP contribution is 2.50. The van der Waals surface area contributed by atoms with Crippen LogP contribution in [0.5, 0.6) is 11.5 Å². The summed E-state index contributed by atoms with van der Waals surface area (Å²) in [6, 6.07) is 64.0. The van der Waals surface area contributed by atoms with Crippen LogP contribution in [0.2, 0.25) is 0 Å². The fraction of sp³-hybridized carbons (Fsp3) is 0.0370. The van der Waals surface area contributed by atoms with Crippen LogP contribution < -0.4 is 4.74 Å². The van der Waals surface area contributed by atoms with E-state index in [2.05, 4.69) is 194 Å². The lowest BCUT2D eigenvalue weighted by Gasteiger charge is -2.16. The summed E-state index contributed by atoms with van der Waals surface area (Å²) >= 11 is 0. The molecule has 264 valence electrons. The minimum Gasteiger partial charge on any atom is -0.456 e. The summed E-state index contributed by atoms with van der Waals surface area (Å²) in [6.45, 7) is 8.17. The van der Waals surface area contributed by atoms with Gasteiger partial charge in [-0.15, -0.1) is 0 Å². The van der Waals surface area contributed by atoms with Crippen LogP contribution in [0.3, 0.4) is 0 Å². The number of rotatable bonds is 6. The van der Waals surface area contributed by atoms with Gasteiger partial charge in [0, 0.05) is 33.5 Å². The molecule has 0 N–H and O–H groups in total. The molecule has 11 rings (SSSR count). The zero-order chi connectivity index (χ0) is 37.3. The van der Waals surface area contributed by atoms with Gasteiger partial charge in [-0.2, -0.15) is 0 Å². The molecule has 0 amide bonds. The van der Waals surface area contributed by atoms with Crippen molar-refractivity contribution in [1.82, 2.24) is 4.57 Å². The Kier molecular flexibility index (Phi) is 7.33. The lowest BCUT2D eigenvalue weighted by atomic mass is 9.87. The van der Waals surface area contributed by atoms with Gasteiger partial charge in [-0.25, -0.2) is 0 Å². The molecule has 1 unspecified atom stereocenters. The lowest BCUT2D eigenvalue weighted by molar-refractivity contribution is 0.487. The molecule has 0 saturated carbocycles. The second-order valence-corrected chi connectivity index (χ2v) is 15.0. The van der Waals surface area contributed by atoms with Gasteiger partial charge in [0.2, 0.25) is 0 Å². The molecule has 9 aromatic rings. The van der Waals surface area contributed by atoms with Crippen LogP contribution in [0, 0.1) is 0 Å². The summed E-state index contributed by atoms with van der Waals surface area (Å²) in [5.74, 6) is 1.99. The van der Waals surface area contributed by atoms with Gasteiger partial charge in [-0.1, -0.05) is 141 Å². The van der Waals surface area contributed by atoms with Gasteiger partial charge in [0.05, 0.1) is 11.0 Å². The highest BCUT2D eigenvalue weighted by atomic mass is 16.5. The van der Waals surface area contributed by atoms with E-state index in [0.29, 0.717) is 0 Å². The van der Waals surface area contributed by atoms with Crippen molar-refractivity contribution in [3.05, 3.63) is 217 Å². The van der Waals surface area contributed by atoms with E-state index >= 15 is 0 Å². The number of fused-ring (bicyclic) bond motifs is 11. The Labute approximate surface area is 326 Å². The Balaban J connectivity index is 0.997. The summed E-state index contributed by atoms with van der Waals surface area (Å²) < 4.78 is 9.22. The third kappa shape index (κ3) is 5.03. The van der Waals surface area contributed by atoms with Gasteiger partial charge in [0.25, 0.3) is 0 Å². The minimum absolute atomic E-state index is 0.267. The maximum absolute atomic E-state index is 6.85. The molecule has 0 saturated heterocycles. The van der Waals surface area contributed by atoms with Crippen molar-refractivity contribution in [1.29, 1.82) is 0 Å². The van der Waals surface area contributed by atoms with E-state index in [0.717, 1.165) is 62.5 Å². The van der Waals surface area contributed by atoms with E-state index < -0.39 is 0 Å². The molecule has 2 heteroatoms. The lowest BCUT2D eigenvalue weighted by Crippen LogP contribution is -2.02. The van der Waals surface area contributed by atoms with Gasteiger partial charge in [0.15, 0.2) is 0 Å². The number of hydrogen-bond acceptors (Lipinski definition) is 1. The second-order valence-electron chi connectivity index (χ2n) is 15.0. The summed E-state index contributed by atoms with van der Waals surface area (Å²) in [7, 11) is 0. The number of allylic oxidation sites excluding steroid dienone is 2. The van der Waals surface area contributed by atoms with E-state index in [9.17, 15) is 0 Å². The fourth-order valence-electron chi connectivity index (χ4n) is 9.17. The topological polar surface area (TPSA) is 14.2 Å². The maximum atomic E-state index is 6.85. The number of hydrogen-bond donors (Lipinski definition) is 0. The van der Waals surface area contributed by atoms with Crippen LogP contribution in [-0.4, -0.2) is 4.57 Å². The first-order valence-electron chi connectivity index (χ1n) is 19.3. The van der Waals surface area contributed by atoms with Crippen LogP contribution in [0.15, 0.2) is 195 Å². The summed E-state index contributed by atoms with van der Waals surface area (Å²) in [5.41, 5.74) is 19.2. The van der Waals surface area contributed by atoms with Gasteiger partial charge in [-0.3, -0.25) is 0 Å². The first-order valence-corrected chi connectivity index (χ1v) is 19.3. The molecule has 2 heterocycles. The first kappa shape index (κ1) is 32.3. The van der Waals surface area contributed by atoms with E-state index in [1.807, 2.05) is 6.08 Å². The summed E-state index contributed by atoms with van der Waals surface area (Å²) in [4.78, 5) is 0. The van der Waals surface area contributed by atoms with Crippen LogP contribution in [-0.2, 0) is 6.42 Å². The quantitative estimate of drug-likeness (QED) is 0.156. The van der Waals surface area contributed by atoms with Crippen molar-refractivity contribution in [2.24, 2.45) is 0 Å². The number of ether oxygens (including phenoxy) is 1. The zero-order valence-corrected chi connectivity index (χ0v) is 30.9. The monoisotopic (exact) mass is 715 g/mol. The van der Waals surface area contributed by atoms with Gasteiger partial charge < -0.3 is 9.30 Å². The zero-order valence-electron chi connectivity index (χ0n) is 30.9. The van der Waals surface area contributed by atoms with E-state index in [4.69, 9.17) is 4.74 Å². The molecule has 56 heavy (non-hydrogen) atoms. The predicted octanol–water partition coefficient (Wildman–Crippen LogP) is 14.4. The van der Waals surface area contributed by atoms with Gasteiger partial charge in [0.1, 0.15) is 11.5 Å². The third-order valence-electron chi connectivity index (χ3n) is 11.9. The largest absolute Gasteiger partial charge is 0.456 e. The number of aromatic nitrogens is 1. The highest BCUT2D eigenvalue weighted by Gasteiger charge is 2.30. The average Bonchev–Trinajstić information content (AvgIpc) is 3.71. The van der Waals surface area contributed by atoms with Crippen molar-refractivity contribution < 1.29 is 4.74 Å². The van der Waals surface area contributed by atoms with E-state index in [1.165, 1.54) is 55.3 Å². The van der Waals surface area contributed by atoms with Crippen molar-refractivity contribution in [3.63, 3.8) is 0 Å². The predicted molar refractivity (Wildman–Crippen MR) is 234 cm³/mol. The highest BCUT2D eigenvalue weighted by molar-refractivity contribution is 6.10. The summed E-state index contributed by atoms with van der Waals surface area (Å²) in [5, 5.41) is 2.40. The summed E-state index contributed by atoms with van der Waals surface area (Å²) in [6.07, 6.45) is 2.72. The molecule has 0 radical (unpaired) electrons. The molecule has 0 spiro atoms. The molecule has 2 nitrogen and oxygen atoms in total. The Morgan fingerprint density at radius 1 is 0.518 bits per heavy atom. The molecule has 1 aromatic heterocycles. The normalized spacial score (nSPS) is 13.5. The SMILES string of the molecule is C=CC(=C)c1ccc2c(c1)c1ccccc1n2-c1ccc2c(c1)-c1ccccc1-c1cc(CC3c4ccccc4-c4cc(-c5ccccc5)ccc43)ccc1O2. The minimum atomic E-state index is 0.267. The van der Waals surface area contributed by atoms with Crippen molar-refractivity contribution >= 4 is 27.4 Å². The van der Waals surface area contributed by atoms with Crippen LogP contribution in [0.25, 0.3) is 77.6 Å². The number of benzene rings is 8. The van der Waals surface area contributed by atoms with Crippen LogP contribution in [0.4, 0.5) is 0 Å². The van der Waals surface area contributed by atoms with Crippen LogP contribution >= 0.6 is 0 Å². The first-order chi connectivity index (χ1) is 27.6. The van der Waals surface area contributed by atoms with Gasteiger partial charge >= 0.3 is 0 Å². The molecular formula is C54H37NO. The molecule has 0 fully saturated rings. The van der Waals surface area contributed by atoms with Crippen molar-refractivity contribution in [2.75, 3.05) is 0 Å². The number of para-hydroxylation sites is 1. The van der Waals surface area contributed by atoms with E-state index in [-0.39, 0.29) is 5.92 Å². The molecule has 1 aliphatic heterocycles. The van der Waals surface area contributed by atoms with Crippen LogP contribution in [0.1, 0.15) is 28.2 Å². The molecule has 0 bridgehead atoms. The second kappa shape index (κ2) is 12.7. The van der Waals surface area contributed by atoms with Crippen molar-refractivity contribution in [2.45, 2.75) is 12.3 Å². The molecule has 2 aliphatic rings. The standard InChI is InChI=1S/C54H37NO/c1-3-34(2)37-23-26-52-48(31-37)45-19-11-12-20-51(45)55(52)39-24-28-54-50(33-39)43-18-10-9-17-42(43)49-30-35(21-27-53(49)56-54)29-46-40-15-7-8-16-41(40)47-32-38(22-25-44(46)47)36-13-5-4-6-14-36/h3-28,30-33,46H,1-2,29H2. The molecule has 1 atom stereocenters. The number of nitrogens with zero attached hydrogens (tertiary/aromatic N) is 1. The molecule has 1 aliphatic carbocycles. The maximum Gasteiger partial charge on any atom is 0.135 e. The Morgan fingerprint density at radius 3 is 2.02 bits per heavy atom. The molecular weight excluding hydrogens is 679 g/mol. The smallest absolute Gasteiger partial charge is 0.135 e. The Bertz CT molecular complexity index is 3070.